The highest BCUT2D eigenvalue weighted by atomic mass is 127. The molecule has 0 spiro atoms. The minimum atomic E-state index is 0.510. The van der Waals surface area contributed by atoms with Crippen molar-refractivity contribution in [2.45, 2.75) is 52.6 Å². The molecule has 0 aliphatic heterocycles. The van der Waals surface area contributed by atoms with Crippen LogP contribution in [0.1, 0.15) is 50.7 Å². The number of methoxy groups -OCH3 is 4. The Kier molecular flexibility index (Phi) is 13.0. The lowest BCUT2D eigenvalue weighted by Gasteiger charge is -2.12. The summed E-state index contributed by atoms with van der Waals surface area (Å²) in [5.41, 5.74) is 8.72. The van der Waals surface area contributed by atoms with Crippen LogP contribution >= 0.6 is 38.5 Å². The number of hydrogen-bond acceptors (Lipinski definition) is 6. The maximum atomic E-state index is 5.60. The van der Waals surface area contributed by atoms with Crippen LogP contribution in [-0.4, -0.2) is 60.8 Å². The van der Waals surface area contributed by atoms with Crippen molar-refractivity contribution in [2.75, 3.05) is 41.7 Å². The molecule has 0 saturated heterocycles. The van der Waals surface area contributed by atoms with Gasteiger partial charge in [-0.2, -0.15) is 0 Å². The summed E-state index contributed by atoms with van der Waals surface area (Å²) in [7, 11) is 6.82. The van der Waals surface area contributed by atoms with Crippen molar-refractivity contribution in [1.82, 2.24) is 19.1 Å². The Bertz CT molecular complexity index is 1890. The highest BCUT2D eigenvalue weighted by Crippen LogP contribution is 2.36. The SMILES string of the molecule is COCCn1c(-c2ccc(C(C)C)cc2)nc2c(Br)ccc(OC)c21.COCCn1c(-c2ccc(C(C)C)cc2)nc2c(I)ccc(OC)c21. The molecule has 0 unspecified atom stereocenters. The van der Waals surface area contributed by atoms with Gasteiger partial charge in [-0.05, 0) is 85.7 Å². The minimum Gasteiger partial charge on any atom is -0.494 e. The van der Waals surface area contributed by atoms with Crippen molar-refractivity contribution in [2.24, 2.45) is 0 Å². The molecule has 2 heterocycles. The van der Waals surface area contributed by atoms with Gasteiger partial charge in [-0.1, -0.05) is 76.2 Å². The summed E-state index contributed by atoms with van der Waals surface area (Å²) >= 11 is 5.95. The first-order valence-corrected chi connectivity index (χ1v) is 18.6. The van der Waals surface area contributed by atoms with Crippen LogP contribution < -0.4 is 9.47 Å². The summed E-state index contributed by atoms with van der Waals surface area (Å²) < 4.78 is 28.2. The molecule has 0 radical (unpaired) electrons. The third-order valence-electron chi connectivity index (χ3n) is 8.77. The molecule has 0 bridgehead atoms. The first-order valence-electron chi connectivity index (χ1n) is 16.8. The van der Waals surface area contributed by atoms with E-state index in [1.165, 1.54) is 11.1 Å². The van der Waals surface area contributed by atoms with E-state index in [0.29, 0.717) is 31.6 Å². The van der Waals surface area contributed by atoms with E-state index in [-0.39, 0.29) is 0 Å². The van der Waals surface area contributed by atoms with Gasteiger partial charge in [0.25, 0.3) is 0 Å². The van der Waals surface area contributed by atoms with E-state index < -0.39 is 0 Å². The maximum Gasteiger partial charge on any atom is 0.144 e. The van der Waals surface area contributed by atoms with Crippen LogP contribution in [0, 0.1) is 3.57 Å². The van der Waals surface area contributed by atoms with Crippen molar-refractivity contribution in [3.8, 4) is 34.3 Å². The highest BCUT2D eigenvalue weighted by Gasteiger charge is 2.20. The molecular formula is C40H46BrIN4O4. The molecule has 10 heteroatoms. The van der Waals surface area contributed by atoms with E-state index >= 15 is 0 Å². The maximum absolute atomic E-state index is 5.60. The molecule has 0 amide bonds. The van der Waals surface area contributed by atoms with E-state index in [4.69, 9.17) is 28.9 Å². The zero-order valence-corrected chi connectivity index (χ0v) is 33.8. The monoisotopic (exact) mass is 852 g/mol. The van der Waals surface area contributed by atoms with Gasteiger partial charge >= 0.3 is 0 Å². The van der Waals surface area contributed by atoms with Crippen LogP contribution in [0.4, 0.5) is 0 Å². The van der Waals surface area contributed by atoms with Gasteiger partial charge in [0.05, 0.1) is 27.4 Å². The molecule has 0 saturated carbocycles. The van der Waals surface area contributed by atoms with Crippen molar-refractivity contribution < 1.29 is 18.9 Å². The predicted molar refractivity (Wildman–Crippen MR) is 216 cm³/mol. The number of ether oxygens (including phenoxy) is 4. The predicted octanol–water partition coefficient (Wildman–Crippen LogP) is 10.3. The standard InChI is InChI=1S/C20H23BrN2O2.C20H23IN2O2/c2*1-13(2)14-5-7-15(8-6-14)20-22-18-16(21)9-10-17(25-4)19(18)23(20)11-12-24-3/h2*5-10,13H,11-12H2,1-4H3. The Morgan fingerprint density at radius 1 is 0.600 bits per heavy atom. The summed E-state index contributed by atoms with van der Waals surface area (Å²) in [5.74, 6) is 4.55. The Morgan fingerprint density at radius 3 is 1.44 bits per heavy atom. The molecule has 2 aromatic heterocycles. The fourth-order valence-electron chi connectivity index (χ4n) is 5.96. The number of halogens is 2. The topological polar surface area (TPSA) is 72.6 Å². The van der Waals surface area contributed by atoms with Gasteiger partial charge in [-0.25, -0.2) is 9.97 Å². The van der Waals surface area contributed by atoms with Crippen molar-refractivity contribution in [1.29, 1.82) is 0 Å². The Balaban J connectivity index is 0.000000194. The highest BCUT2D eigenvalue weighted by molar-refractivity contribution is 14.1. The van der Waals surface area contributed by atoms with Crippen LogP contribution in [0.15, 0.2) is 77.3 Å². The molecule has 0 aliphatic carbocycles. The first kappa shape index (κ1) is 37.8. The minimum absolute atomic E-state index is 0.510. The summed E-state index contributed by atoms with van der Waals surface area (Å²) in [6, 6.07) is 25.3. The van der Waals surface area contributed by atoms with Crippen LogP contribution in [0.25, 0.3) is 44.8 Å². The molecule has 0 atom stereocenters. The number of imidazole rings is 2. The Morgan fingerprint density at radius 2 is 1.02 bits per heavy atom. The van der Waals surface area contributed by atoms with E-state index in [9.17, 15) is 0 Å². The van der Waals surface area contributed by atoms with Gasteiger partial charge in [-0.3, -0.25) is 0 Å². The van der Waals surface area contributed by atoms with Gasteiger partial charge in [0, 0.05) is 46.5 Å². The molecule has 50 heavy (non-hydrogen) atoms. The largest absolute Gasteiger partial charge is 0.494 e. The lowest BCUT2D eigenvalue weighted by molar-refractivity contribution is 0.188. The second-order valence-electron chi connectivity index (χ2n) is 12.6. The molecule has 8 nitrogen and oxygen atoms in total. The zero-order chi connectivity index (χ0) is 35.9. The van der Waals surface area contributed by atoms with E-state index in [1.54, 1.807) is 28.4 Å². The van der Waals surface area contributed by atoms with Gasteiger partial charge in [0.1, 0.15) is 45.2 Å². The van der Waals surface area contributed by atoms with Gasteiger partial charge in [0.15, 0.2) is 0 Å². The Hall–Kier alpha value is -3.45. The van der Waals surface area contributed by atoms with E-state index in [0.717, 1.165) is 70.9 Å². The second-order valence-corrected chi connectivity index (χ2v) is 14.6. The molecule has 0 fully saturated rings. The zero-order valence-electron chi connectivity index (χ0n) is 30.1. The molecule has 0 N–H and O–H groups in total. The number of fused-ring (bicyclic) bond motifs is 2. The molecule has 6 rings (SSSR count). The van der Waals surface area contributed by atoms with Crippen LogP contribution in [-0.2, 0) is 22.6 Å². The molecule has 264 valence electrons. The quantitative estimate of drug-likeness (QED) is 0.114. The number of aromatic nitrogens is 4. The van der Waals surface area contributed by atoms with Crippen LogP contribution in [0.3, 0.4) is 0 Å². The third kappa shape index (κ3) is 8.03. The normalized spacial score (nSPS) is 11.4. The van der Waals surface area contributed by atoms with Crippen molar-refractivity contribution >= 4 is 60.6 Å². The van der Waals surface area contributed by atoms with Gasteiger partial charge in [0.2, 0.25) is 0 Å². The van der Waals surface area contributed by atoms with Crippen LogP contribution in [0.5, 0.6) is 11.5 Å². The lowest BCUT2D eigenvalue weighted by atomic mass is 10.0. The lowest BCUT2D eigenvalue weighted by Crippen LogP contribution is -2.07. The summed E-state index contributed by atoms with van der Waals surface area (Å²) in [5, 5.41) is 0. The first-order chi connectivity index (χ1) is 24.1. The number of benzene rings is 4. The second kappa shape index (κ2) is 17.2. The van der Waals surface area contributed by atoms with Crippen molar-refractivity contribution in [3.63, 3.8) is 0 Å². The molecule has 6 aromatic rings. The summed E-state index contributed by atoms with van der Waals surface area (Å²) in [6.45, 7) is 11.5. The van der Waals surface area contributed by atoms with E-state index in [2.05, 4.69) is 124 Å². The summed E-state index contributed by atoms with van der Waals surface area (Å²) in [6.07, 6.45) is 0. The number of hydrogen-bond donors (Lipinski definition) is 0. The summed E-state index contributed by atoms with van der Waals surface area (Å²) in [4.78, 5) is 9.84. The van der Waals surface area contributed by atoms with Crippen LogP contribution in [0.2, 0.25) is 0 Å². The van der Waals surface area contributed by atoms with Crippen molar-refractivity contribution in [3.05, 3.63) is 92.0 Å². The molecular weight excluding hydrogens is 807 g/mol. The number of nitrogens with zero attached hydrogens (tertiary/aromatic N) is 4. The smallest absolute Gasteiger partial charge is 0.144 e. The average molecular weight is 854 g/mol. The average Bonchev–Trinajstić information content (AvgIpc) is 3.71. The fraction of sp³-hybridized carbons (Fsp3) is 0.350. The third-order valence-corrected chi connectivity index (χ3v) is 10.3. The molecule has 0 aliphatic rings. The number of rotatable bonds is 12. The molecule has 4 aromatic carbocycles. The van der Waals surface area contributed by atoms with Gasteiger partial charge < -0.3 is 28.1 Å². The van der Waals surface area contributed by atoms with Gasteiger partial charge in [-0.15, -0.1) is 0 Å². The van der Waals surface area contributed by atoms with E-state index in [1.807, 2.05) is 24.3 Å². The Labute approximate surface area is 317 Å². The fourth-order valence-corrected chi connectivity index (χ4v) is 6.92.